The van der Waals surface area contributed by atoms with E-state index in [4.69, 9.17) is 0 Å². The third kappa shape index (κ3) is 3.10. The summed E-state index contributed by atoms with van der Waals surface area (Å²) in [5.74, 6) is -1.11. The van der Waals surface area contributed by atoms with Gasteiger partial charge in [-0.1, -0.05) is 0 Å². The van der Waals surface area contributed by atoms with Crippen LogP contribution in [0.2, 0.25) is 0 Å². The first-order valence-electron chi connectivity index (χ1n) is 9.71. The summed E-state index contributed by atoms with van der Waals surface area (Å²) in [7, 11) is 0. The number of aromatic amines is 1. The number of rotatable bonds is 3. The molecule has 3 fully saturated rings. The van der Waals surface area contributed by atoms with Crippen LogP contribution in [0.15, 0.2) is 10.9 Å². The summed E-state index contributed by atoms with van der Waals surface area (Å²) < 4.78 is 0. The number of nitrogens with zero attached hydrogens (tertiary/aromatic N) is 3. The Balaban J connectivity index is 1.93. The second-order valence-electron chi connectivity index (χ2n) is 7.34. The van der Waals surface area contributed by atoms with E-state index in [9.17, 15) is 24.0 Å². The molecule has 4 heterocycles. The second kappa shape index (κ2) is 7.21. The Morgan fingerprint density at radius 2 is 1.29 bits per heavy atom. The van der Waals surface area contributed by atoms with Crippen molar-refractivity contribution in [1.82, 2.24) is 4.98 Å². The van der Waals surface area contributed by atoms with Gasteiger partial charge in [0.05, 0.1) is 5.69 Å². The molecule has 1 aromatic heterocycles. The number of aromatic nitrogens is 1. The lowest BCUT2D eigenvalue weighted by Crippen LogP contribution is -2.44. The van der Waals surface area contributed by atoms with Crippen LogP contribution in [-0.4, -0.2) is 41.7 Å². The third-order valence-corrected chi connectivity index (χ3v) is 5.44. The lowest BCUT2D eigenvalue weighted by atomic mass is 10.1. The minimum atomic E-state index is -0.523. The summed E-state index contributed by atoms with van der Waals surface area (Å²) in [5.41, 5.74) is 0.0516. The van der Waals surface area contributed by atoms with Crippen molar-refractivity contribution >= 4 is 40.8 Å². The van der Waals surface area contributed by atoms with Crippen molar-refractivity contribution in [2.24, 2.45) is 0 Å². The maximum Gasteiger partial charge on any atom is 0.251 e. The highest BCUT2D eigenvalue weighted by atomic mass is 16.2. The first-order chi connectivity index (χ1) is 13.5. The largest absolute Gasteiger partial charge is 0.310 e. The monoisotopic (exact) mass is 386 g/mol. The van der Waals surface area contributed by atoms with Crippen LogP contribution < -0.4 is 20.3 Å². The van der Waals surface area contributed by atoms with Crippen LogP contribution in [0.5, 0.6) is 0 Å². The van der Waals surface area contributed by atoms with Crippen LogP contribution in [0.1, 0.15) is 51.4 Å². The molecule has 4 rings (SSSR count). The molecule has 28 heavy (non-hydrogen) atoms. The Hall–Kier alpha value is -2.97. The van der Waals surface area contributed by atoms with Gasteiger partial charge < -0.3 is 14.8 Å². The number of hydrogen-bond donors (Lipinski definition) is 1. The molecule has 9 heteroatoms. The Bertz CT molecular complexity index is 905. The van der Waals surface area contributed by atoms with E-state index in [-0.39, 0.29) is 36.2 Å². The molecule has 0 unspecified atom stereocenters. The Morgan fingerprint density at radius 3 is 1.93 bits per heavy atom. The van der Waals surface area contributed by atoms with Gasteiger partial charge in [0.1, 0.15) is 11.5 Å². The minimum Gasteiger partial charge on any atom is -0.310 e. The topological polar surface area (TPSA) is 111 Å². The summed E-state index contributed by atoms with van der Waals surface area (Å²) in [6, 6.07) is 1.28. The summed E-state index contributed by atoms with van der Waals surface area (Å²) in [5, 5.41) is 0. The molecule has 3 aliphatic heterocycles. The molecule has 0 spiro atoms. The van der Waals surface area contributed by atoms with E-state index in [0.717, 1.165) is 17.7 Å². The number of pyridine rings is 1. The van der Waals surface area contributed by atoms with Crippen LogP contribution in [0, 0.1) is 0 Å². The molecule has 0 saturated carbocycles. The van der Waals surface area contributed by atoms with Crippen LogP contribution in [0.3, 0.4) is 0 Å². The van der Waals surface area contributed by atoms with Crippen LogP contribution >= 0.6 is 0 Å². The number of imide groups is 1. The predicted molar refractivity (Wildman–Crippen MR) is 101 cm³/mol. The highest BCUT2D eigenvalue weighted by Gasteiger charge is 2.37. The summed E-state index contributed by atoms with van der Waals surface area (Å²) >= 11 is 0. The lowest BCUT2D eigenvalue weighted by Gasteiger charge is -2.34. The Kier molecular flexibility index (Phi) is 4.74. The number of carbonyl (C=O) groups is 4. The number of nitrogens with one attached hydrogen (secondary N) is 1. The summed E-state index contributed by atoms with van der Waals surface area (Å²) in [6.45, 7) is 0.835. The van der Waals surface area contributed by atoms with Crippen molar-refractivity contribution in [3.63, 3.8) is 0 Å². The van der Waals surface area contributed by atoms with Crippen molar-refractivity contribution in [3.05, 3.63) is 16.4 Å². The van der Waals surface area contributed by atoms with Gasteiger partial charge in [-0.25, -0.2) is 4.90 Å². The second-order valence-corrected chi connectivity index (χ2v) is 7.34. The molecule has 148 valence electrons. The van der Waals surface area contributed by atoms with Crippen molar-refractivity contribution in [1.29, 1.82) is 0 Å². The molecular weight excluding hydrogens is 364 g/mol. The van der Waals surface area contributed by atoms with Crippen molar-refractivity contribution in [2.75, 3.05) is 27.8 Å². The molecule has 1 N–H and O–H groups in total. The first kappa shape index (κ1) is 18.4. The van der Waals surface area contributed by atoms with Crippen LogP contribution in [0.25, 0.3) is 0 Å². The van der Waals surface area contributed by atoms with Gasteiger partial charge in [0.2, 0.25) is 23.6 Å². The highest BCUT2D eigenvalue weighted by molar-refractivity contribution is 6.19. The predicted octanol–water partition coefficient (Wildman–Crippen LogP) is 1.06. The van der Waals surface area contributed by atoms with Crippen LogP contribution in [-0.2, 0) is 19.2 Å². The Labute approximate surface area is 161 Å². The fourth-order valence-electron chi connectivity index (χ4n) is 4.11. The fourth-order valence-corrected chi connectivity index (χ4v) is 4.11. The quantitative estimate of drug-likeness (QED) is 0.781. The standard InChI is InChI=1S/C19H22N4O5/c24-13-11-12(21-9-2-1-5-14(21)25)18(22-10-4-8-15(22)26)19(20-13)23-16(27)6-3-7-17(23)28/h11H,1-10H2,(H,20,24). The normalized spacial score (nSPS) is 21.1. The number of amides is 4. The molecule has 0 atom stereocenters. The van der Waals surface area contributed by atoms with Crippen LogP contribution in [0.4, 0.5) is 17.2 Å². The van der Waals surface area contributed by atoms with E-state index < -0.39 is 17.4 Å². The van der Waals surface area contributed by atoms with Gasteiger partial charge in [-0.3, -0.25) is 24.0 Å². The average Bonchev–Trinajstić information content (AvgIpc) is 3.07. The van der Waals surface area contributed by atoms with Gasteiger partial charge >= 0.3 is 0 Å². The molecule has 0 bridgehead atoms. The van der Waals surface area contributed by atoms with Gasteiger partial charge in [-0.05, 0) is 25.7 Å². The zero-order valence-corrected chi connectivity index (χ0v) is 15.5. The zero-order chi connectivity index (χ0) is 19.8. The molecule has 4 amide bonds. The van der Waals surface area contributed by atoms with Gasteiger partial charge in [-0.15, -0.1) is 0 Å². The number of carbonyl (C=O) groups excluding carboxylic acids is 4. The summed E-state index contributed by atoms with van der Waals surface area (Å²) in [6.07, 6.45) is 3.72. The van der Waals surface area contributed by atoms with E-state index in [1.54, 1.807) is 0 Å². The highest BCUT2D eigenvalue weighted by Crippen LogP contribution is 2.40. The van der Waals surface area contributed by atoms with Gasteiger partial charge in [0.15, 0.2) is 0 Å². The molecule has 1 aromatic rings. The third-order valence-electron chi connectivity index (χ3n) is 5.44. The molecule has 0 radical (unpaired) electrons. The number of hydrogen-bond acceptors (Lipinski definition) is 5. The maximum absolute atomic E-state index is 12.5. The van der Waals surface area contributed by atoms with Gasteiger partial charge in [0.25, 0.3) is 5.56 Å². The summed E-state index contributed by atoms with van der Waals surface area (Å²) in [4.78, 5) is 69.1. The number of piperidine rings is 2. The van der Waals surface area contributed by atoms with E-state index in [0.29, 0.717) is 44.5 Å². The first-order valence-corrected chi connectivity index (χ1v) is 9.71. The average molecular weight is 386 g/mol. The lowest BCUT2D eigenvalue weighted by molar-refractivity contribution is -0.129. The van der Waals surface area contributed by atoms with Crippen molar-refractivity contribution in [2.45, 2.75) is 51.4 Å². The SMILES string of the molecule is O=C1CCCCN1c1cc(=O)[nH]c(N2C(=O)CCCC2=O)c1N1CCCC1=O. The van der Waals surface area contributed by atoms with Crippen molar-refractivity contribution < 1.29 is 19.2 Å². The Morgan fingerprint density at radius 1 is 0.679 bits per heavy atom. The maximum atomic E-state index is 12.5. The molecule has 3 aliphatic rings. The number of H-pyrrole nitrogens is 1. The molecule has 0 aromatic carbocycles. The van der Waals surface area contributed by atoms with E-state index in [2.05, 4.69) is 4.98 Å². The molecule has 0 aliphatic carbocycles. The van der Waals surface area contributed by atoms with E-state index in [1.807, 2.05) is 0 Å². The molecular formula is C19H22N4O5. The van der Waals surface area contributed by atoms with E-state index >= 15 is 0 Å². The van der Waals surface area contributed by atoms with Gasteiger partial charge in [-0.2, -0.15) is 0 Å². The number of anilines is 3. The molecule has 3 saturated heterocycles. The smallest absolute Gasteiger partial charge is 0.251 e. The minimum absolute atomic E-state index is 0.00539. The zero-order valence-electron chi connectivity index (χ0n) is 15.5. The van der Waals surface area contributed by atoms with Crippen molar-refractivity contribution in [3.8, 4) is 0 Å². The van der Waals surface area contributed by atoms with E-state index in [1.165, 1.54) is 15.9 Å². The van der Waals surface area contributed by atoms with Gasteiger partial charge in [0, 0.05) is 44.8 Å². The fraction of sp³-hybridized carbons (Fsp3) is 0.526. The molecule has 9 nitrogen and oxygen atoms in total.